The van der Waals surface area contributed by atoms with E-state index in [0.717, 1.165) is 20.8 Å². The van der Waals surface area contributed by atoms with Gasteiger partial charge in [0.25, 0.3) is 5.91 Å². The first-order valence-corrected chi connectivity index (χ1v) is 12.1. The lowest BCUT2D eigenvalue weighted by atomic mass is 10.1. The molecule has 0 saturated carbocycles. The van der Waals surface area contributed by atoms with Crippen molar-refractivity contribution < 1.29 is 14.3 Å². The molecule has 0 spiro atoms. The molecule has 0 aliphatic rings. The lowest BCUT2D eigenvalue weighted by Crippen LogP contribution is -2.50. The molecule has 1 atom stereocenters. The zero-order valence-electron chi connectivity index (χ0n) is 18.6. The Labute approximate surface area is 212 Å². The summed E-state index contributed by atoms with van der Waals surface area (Å²) in [6.07, 6.45) is 0. The fourth-order valence-corrected chi connectivity index (χ4v) is 4.30. The molecular formula is C25H25BrCl2N2O3. The third-order valence-electron chi connectivity index (χ3n) is 5.11. The van der Waals surface area contributed by atoms with E-state index < -0.39 is 6.04 Å². The van der Waals surface area contributed by atoms with E-state index in [-0.39, 0.29) is 31.0 Å². The number of rotatable bonds is 8. The van der Waals surface area contributed by atoms with Gasteiger partial charge in [0, 0.05) is 12.6 Å². The average Bonchev–Trinajstić information content (AvgIpc) is 2.78. The van der Waals surface area contributed by atoms with Gasteiger partial charge in [-0.25, -0.2) is 0 Å². The van der Waals surface area contributed by atoms with Gasteiger partial charge in [0.05, 0.1) is 14.5 Å². The molecule has 0 aliphatic carbocycles. The van der Waals surface area contributed by atoms with Gasteiger partial charge < -0.3 is 15.0 Å². The van der Waals surface area contributed by atoms with Crippen molar-refractivity contribution in [2.45, 2.75) is 39.4 Å². The second-order valence-electron chi connectivity index (χ2n) is 8.00. The molecule has 3 aromatic rings. The predicted octanol–water partition coefficient (Wildman–Crippen LogP) is 6.23. The molecule has 2 amide bonds. The van der Waals surface area contributed by atoms with Crippen molar-refractivity contribution in [3.63, 3.8) is 0 Å². The number of hydrogen-bond acceptors (Lipinski definition) is 3. The van der Waals surface area contributed by atoms with Gasteiger partial charge in [0.15, 0.2) is 6.61 Å². The quantitative estimate of drug-likeness (QED) is 0.361. The Morgan fingerprint density at radius 1 is 1.03 bits per heavy atom. The normalized spacial score (nSPS) is 12.0. The molecule has 0 unspecified atom stereocenters. The number of halogens is 3. The molecule has 0 saturated heterocycles. The van der Waals surface area contributed by atoms with Crippen LogP contribution in [0, 0.1) is 0 Å². The highest BCUT2D eigenvalue weighted by atomic mass is 79.9. The van der Waals surface area contributed by atoms with Crippen molar-refractivity contribution in [3.05, 3.63) is 74.7 Å². The highest BCUT2D eigenvalue weighted by molar-refractivity contribution is 9.10. The fourth-order valence-electron chi connectivity index (χ4n) is 3.37. The average molecular weight is 552 g/mol. The van der Waals surface area contributed by atoms with Crippen LogP contribution in [0.1, 0.15) is 26.3 Å². The molecule has 0 aromatic heterocycles. The summed E-state index contributed by atoms with van der Waals surface area (Å²) in [6, 6.07) is 16.0. The summed E-state index contributed by atoms with van der Waals surface area (Å²) in [5, 5.41) is 5.71. The lowest BCUT2D eigenvalue weighted by Gasteiger charge is -2.29. The maximum atomic E-state index is 13.2. The first-order chi connectivity index (χ1) is 15.7. The van der Waals surface area contributed by atoms with Gasteiger partial charge in [0.2, 0.25) is 5.91 Å². The van der Waals surface area contributed by atoms with Crippen molar-refractivity contribution >= 4 is 61.7 Å². The number of nitrogens with one attached hydrogen (secondary N) is 1. The number of benzene rings is 3. The number of ether oxygens (including phenoxy) is 1. The molecule has 3 aromatic carbocycles. The van der Waals surface area contributed by atoms with Gasteiger partial charge in [-0.2, -0.15) is 0 Å². The van der Waals surface area contributed by atoms with Gasteiger partial charge >= 0.3 is 0 Å². The maximum Gasteiger partial charge on any atom is 0.261 e. The van der Waals surface area contributed by atoms with Crippen LogP contribution >= 0.6 is 39.1 Å². The van der Waals surface area contributed by atoms with Crippen LogP contribution in [0.3, 0.4) is 0 Å². The number of carbonyl (C=O) groups is 2. The zero-order chi connectivity index (χ0) is 24.1. The van der Waals surface area contributed by atoms with Gasteiger partial charge in [-0.15, -0.1) is 0 Å². The SMILES string of the molecule is CC(C)NC(=O)[C@@H](C)N(Cc1ccc(Cl)c(Cl)c1)C(=O)COc1ccc2ccccc2c1Br. The molecule has 0 heterocycles. The highest BCUT2D eigenvalue weighted by Gasteiger charge is 2.27. The van der Waals surface area contributed by atoms with Crippen LogP contribution in [0.5, 0.6) is 5.75 Å². The summed E-state index contributed by atoms with van der Waals surface area (Å²) in [5.74, 6) is -0.0198. The first-order valence-electron chi connectivity index (χ1n) is 10.5. The van der Waals surface area contributed by atoms with Crippen LogP contribution in [-0.2, 0) is 16.1 Å². The lowest BCUT2D eigenvalue weighted by molar-refractivity contribution is -0.142. The summed E-state index contributed by atoms with van der Waals surface area (Å²) in [7, 11) is 0. The summed E-state index contributed by atoms with van der Waals surface area (Å²) in [6.45, 7) is 5.40. The Morgan fingerprint density at radius 2 is 1.76 bits per heavy atom. The van der Waals surface area contributed by atoms with Crippen molar-refractivity contribution in [1.29, 1.82) is 0 Å². The van der Waals surface area contributed by atoms with Crippen LogP contribution in [0.15, 0.2) is 59.1 Å². The minimum Gasteiger partial charge on any atom is -0.483 e. The van der Waals surface area contributed by atoms with Gasteiger partial charge in [-0.1, -0.05) is 59.6 Å². The smallest absolute Gasteiger partial charge is 0.261 e. The van der Waals surface area contributed by atoms with E-state index in [4.69, 9.17) is 27.9 Å². The molecule has 33 heavy (non-hydrogen) atoms. The highest BCUT2D eigenvalue weighted by Crippen LogP contribution is 2.33. The molecule has 1 N–H and O–H groups in total. The maximum absolute atomic E-state index is 13.2. The number of fused-ring (bicyclic) bond motifs is 1. The third-order valence-corrected chi connectivity index (χ3v) is 6.67. The van der Waals surface area contributed by atoms with E-state index in [0.29, 0.717) is 15.8 Å². The van der Waals surface area contributed by atoms with Crippen molar-refractivity contribution in [2.75, 3.05) is 6.61 Å². The molecule has 0 radical (unpaired) electrons. The predicted molar refractivity (Wildman–Crippen MR) is 137 cm³/mol. The van der Waals surface area contributed by atoms with Crippen molar-refractivity contribution in [3.8, 4) is 5.75 Å². The fraction of sp³-hybridized carbons (Fsp3) is 0.280. The number of carbonyl (C=O) groups excluding carboxylic acids is 2. The number of amides is 2. The minimum atomic E-state index is -0.710. The minimum absolute atomic E-state index is 0.0494. The molecule has 5 nitrogen and oxygen atoms in total. The van der Waals surface area contributed by atoms with Crippen LogP contribution in [0.4, 0.5) is 0 Å². The summed E-state index contributed by atoms with van der Waals surface area (Å²) < 4.78 is 6.64. The Kier molecular flexibility index (Phi) is 8.63. The first kappa shape index (κ1) is 25.3. The van der Waals surface area contributed by atoms with Crippen molar-refractivity contribution in [1.82, 2.24) is 10.2 Å². The topological polar surface area (TPSA) is 58.6 Å². The van der Waals surface area contributed by atoms with E-state index in [1.54, 1.807) is 25.1 Å². The van der Waals surface area contributed by atoms with E-state index in [1.165, 1.54) is 4.90 Å². The Bertz CT molecular complexity index is 1170. The van der Waals surface area contributed by atoms with E-state index in [2.05, 4.69) is 21.2 Å². The summed E-state index contributed by atoms with van der Waals surface area (Å²) >= 11 is 15.7. The molecule has 8 heteroatoms. The zero-order valence-corrected chi connectivity index (χ0v) is 21.7. The number of hydrogen-bond donors (Lipinski definition) is 1. The number of nitrogens with zero attached hydrogens (tertiary/aromatic N) is 1. The molecule has 0 fully saturated rings. The van der Waals surface area contributed by atoms with Crippen LogP contribution < -0.4 is 10.1 Å². The van der Waals surface area contributed by atoms with Gasteiger partial charge in [-0.05, 0) is 71.2 Å². The van der Waals surface area contributed by atoms with Crippen LogP contribution in [0.25, 0.3) is 10.8 Å². The second-order valence-corrected chi connectivity index (χ2v) is 9.60. The van der Waals surface area contributed by atoms with Gasteiger partial charge in [-0.3, -0.25) is 9.59 Å². The Hall–Kier alpha value is -2.28. The van der Waals surface area contributed by atoms with E-state index in [1.807, 2.05) is 50.2 Å². The molecule has 3 rings (SSSR count). The monoisotopic (exact) mass is 550 g/mol. The van der Waals surface area contributed by atoms with E-state index in [9.17, 15) is 9.59 Å². The van der Waals surface area contributed by atoms with Crippen LogP contribution in [-0.4, -0.2) is 35.4 Å². The van der Waals surface area contributed by atoms with Crippen LogP contribution in [0.2, 0.25) is 10.0 Å². The molecular weight excluding hydrogens is 527 g/mol. The Morgan fingerprint density at radius 3 is 2.45 bits per heavy atom. The summed E-state index contributed by atoms with van der Waals surface area (Å²) in [4.78, 5) is 27.4. The Balaban J connectivity index is 1.81. The van der Waals surface area contributed by atoms with Crippen molar-refractivity contribution in [2.24, 2.45) is 0 Å². The molecule has 0 bridgehead atoms. The molecule has 174 valence electrons. The van der Waals surface area contributed by atoms with Gasteiger partial charge in [0.1, 0.15) is 11.8 Å². The molecule has 0 aliphatic heterocycles. The standard InChI is InChI=1S/C25H25BrCl2N2O3/c1-15(2)29-25(32)16(3)30(13-17-8-10-20(27)21(28)12-17)23(31)14-33-22-11-9-18-6-4-5-7-19(18)24(22)26/h4-12,15-16H,13-14H2,1-3H3,(H,29,32)/t16-/m1/s1. The largest absolute Gasteiger partial charge is 0.483 e. The summed E-state index contributed by atoms with van der Waals surface area (Å²) in [5.41, 5.74) is 0.758. The third kappa shape index (κ3) is 6.40. The second kappa shape index (κ2) is 11.2. The van der Waals surface area contributed by atoms with E-state index >= 15 is 0 Å².